The van der Waals surface area contributed by atoms with Crippen LogP contribution in [0.2, 0.25) is 0 Å². The van der Waals surface area contributed by atoms with Crippen molar-refractivity contribution in [1.29, 1.82) is 0 Å². The molecule has 0 bridgehead atoms. The molecule has 1 aromatic carbocycles. The average Bonchev–Trinajstić information content (AvgIpc) is 3.02. The highest BCUT2D eigenvalue weighted by atomic mass is 19.4. The lowest BCUT2D eigenvalue weighted by Crippen LogP contribution is -2.46. The van der Waals surface area contributed by atoms with E-state index in [1.807, 2.05) is 26.0 Å². The molecule has 3 aromatic rings. The molecule has 198 valence electrons. The first kappa shape index (κ1) is 25.7. The number of nitrogens with one attached hydrogen (secondary N) is 1. The first-order chi connectivity index (χ1) is 18.2. The van der Waals surface area contributed by atoms with E-state index in [-0.39, 0.29) is 17.5 Å². The van der Waals surface area contributed by atoms with Gasteiger partial charge in [-0.1, -0.05) is 6.07 Å². The maximum atomic E-state index is 13.0. The number of morpholine rings is 1. The van der Waals surface area contributed by atoms with Gasteiger partial charge >= 0.3 is 6.18 Å². The van der Waals surface area contributed by atoms with Gasteiger partial charge in [0.25, 0.3) is 5.91 Å². The Hall–Kier alpha value is -3.99. The lowest BCUT2D eigenvalue weighted by atomic mass is 10.00. The van der Waals surface area contributed by atoms with E-state index >= 15 is 0 Å². The van der Waals surface area contributed by atoms with Crippen LogP contribution in [0.1, 0.15) is 35.0 Å². The summed E-state index contributed by atoms with van der Waals surface area (Å²) in [6.45, 7) is 5.96. The molecule has 0 aliphatic carbocycles. The first-order valence-electron chi connectivity index (χ1n) is 12.3. The van der Waals surface area contributed by atoms with Crippen LogP contribution in [0.4, 0.5) is 30.4 Å². The molecule has 11 heteroatoms. The third-order valence-corrected chi connectivity index (χ3v) is 6.79. The summed E-state index contributed by atoms with van der Waals surface area (Å²) in [5, 5.41) is 2.68. The van der Waals surface area contributed by atoms with E-state index in [2.05, 4.69) is 20.2 Å². The highest BCUT2D eigenvalue weighted by Crippen LogP contribution is 2.38. The third kappa shape index (κ3) is 4.93. The van der Waals surface area contributed by atoms with Crippen molar-refractivity contribution in [2.24, 2.45) is 0 Å². The van der Waals surface area contributed by atoms with Crippen molar-refractivity contribution in [2.75, 3.05) is 41.4 Å². The highest BCUT2D eigenvalue weighted by Gasteiger charge is 2.35. The number of hydrogen-bond donors (Lipinski definition) is 1. The van der Waals surface area contributed by atoms with E-state index in [1.165, 1.54) is 6.07 Å². The predicted octanol–water partition coefficient (Wildman–Crippen LogP) is 4.68. The molecule has 0 radical (unpaired) electrons. The second-order valence-electron chi connectivity index (χ2n) is 9.24. The van der Waals surface area contributed by atoms with Gasteiger partial charge in [0.2, 0.25) is 5.91 Å². The van der Waals surface area contributed by atoms with Crippen LogP contribution in [-0.4, -0.2) is 54.1 Å². The Morgan fingerprint density at radius 3 is 2.76 bits per heavy atom. The van der Waals surface area contributed by atoms with Gasteiger partial charge in [0, 0.05) is 48.7 Å². The summed E-state index contributed by atoms with van der Waals surface area (Å²) in [6.07, 6.45) is -1.65. The van der Waals surface area contributed by atoms with Gasteiger partial charge in [-0.05, 0) is 55.3 Å². The number of ether oxygens (including phenoxy) is 1. The molecule has 5 rings (SSSR count). The summed E-state index contributed by atoms with van der Waals surface area (Å²) in [5.74, 6) is -0.0791. The number of carbonyl (C=O) groups excluding carboxylic acids is 2. The Labute approximate surface area is 217 Å². The van der Waals surface area contributed by atoms with Crippen LogP contribution < -0.4 is 15.1 Å². The molecule has 38 heavy (non-hydrogen) atoms. The number of pyridine rings is 2. The number of rotatable bonds is 4. The zero-order valence-corrected chi connectivity index (χ0v) is 20.9. The Balaban J connectivity index is 1.48. The van der Waals surface area contributed by atoms with Crippen LogP contribution >= 0.6 is 0 Å². The molecule has 0 saturated carbocycles. The Morgan fingerprint density at radius 1 is 1.18 bits per heavy atom. The lowest BCUT2D eigenvalue weighted by molar-refractivity contribution is -0.141. The molecule has 0 unspecified atom stereocenters. The zero-order chi connectivity index (χ0) is 27.0. The van der Waals surface area contributed by atoms with Gasteiger partial charge in [0.1, 0.15) is 5.69 Å². The maximum Gasteiger partial charge on any atom is 0.433 e. The molecule has 1 saturated heterocycles. The van der Waals surface area contributed by atoms with Gasteiger partial charge in [0.05, 0.1) is 24.9 Å². The summed E-state index contributed by atoms with van der Waals surface area (Å²) in [7, 11) is 0. The van der Waals surface area contributed by atoms with Gasteiger partial charge < -0.3 is 15.0 Å². The van der Waals surface area contributed by atoms with Crippen molar-refractivity contribution >= 4 is 29.0 Å². The summed E-state index contributed by atoms with van der Waals surface area (Å²) >= 11 is 0. The smallest absolute Gasteiger partial charge is 0.377 e. The molecule has 1 atom stereocenters. The van der Waals surface area contributed by atoms with E-state index in [1.54, 1.807) is 23.2 Å². The fraction of sp³-hybridized carbons (Fsp3) is 0.333. The minimum Gasteiger partial charge on any atom is -0.377 e. The van der Waals surface area contributed by atoms with E-state index in [0.29, 0.717) is 44.2 Å². The van der Waals surface area contributed by atoms with Crippen molar-refractivity contribution < 1.29 is 27.5 Å². The quantitative estimate of drug-likeness (QED) is 0.532. The van der Waals surface area contributed by atoms with Crippen molar-refractivity contribution in [2.45, 2.75) is 32.5 Å². The number of halogens is 3. The van der Waals surface area contributed by atoms with Crippen LogP contribution in [-0.2, 0) is 15.7 Å². The average molecular weight is 526 g/mol. The summed E-state index contributed by atoms with van der Waals surface area (Å²) in [6, 6.07) is 9.14. The van der Waals surface area contributed by atoms with Crippen LogP contribution in [0.3, 0.4) is 0 Å². The molecule has 4 heterocycles. The van der Waals surface area contributed by atoms with Gasteiger partial charge in [-0.3, -0.25) is 19.5 Å². The van der Waals surface area contributed by atoms with E-state index in [9.17, 15) is 22.8 Å². The van der Waals surface area contributed by atoms with Crippen molar-refractivity contribution in [1.82, 2.24) is 9.97 Å². The minimum atomic E-state index is -4.65. The molecule has 1 fully saturated rings. The molecule has 1 N–H and O–H groups in total. The normalized spacial score (nSPS) is 17.5. The predicted molar refractivity (Wildman–Crippen MR) is 136 cm³/mol. The van der Waals surface area contributed by atoms with Gasteiger partial charge in [-0.15, -0.1) is 0 Å². The molecule has 2 aromatic heterocycles. The van der Waals surface area contributed by atoms with E-state index in [4.69, 9.17) is 4.74 Å². The Bertz CT molecular complexity index is 1390. The first-order valence-corrected chi connectivity index (χ1v) is 12.3. The number of carbonyl (C=O) groups is 2. The molecule has 2 aliphatic heterocycles. The number of anilines is 3. The van der Waals surface area contributed by atoms with Crippen LogP contribution in [0.25, 0.3) is 11.1 Å². The number of aromatic nitrogens is 2. The largest absolute Gasteiger partial charge is 0.433 e. The Kier molecular flexibility index (Phi) is 6.78. The van der Waals surface area contributed by atoms with E-state index < -0.39 is 17.8 Å². The number of aryl methyl sites for hydroxylation is 1. The fourth-order valence-electron chi connectivity index (χ4n) is 4.85. The van der Waals surface area contributed by atoms with Gasteiger partial charge in [-0.2, -0.15) is 13.2 Å². The highest BCUT2D eigenvalue weighted by molar-refractivity contribution is 6.04. The number of benzene rings is 1. The molecule has 8 nitrogen and oxygen atoms in total. The van der Waals surface area contributed by atoms with Crippen molar-refractivity contribution in [3.05, 3.63) is 65.6 Å². The van der Waals surface area contributed by atoms with E-state index in [0.717, 1.165) is 34.6 Å². The summed E-state index contributed by atoms with van der Waals surface area (Å²) in [5.41, 5.74) is 2.49. The number of hydrogen-bond acceptors (Lipinski definition) is 6. The maximum absolute atomic E-state index is 13.0. The molecule has 2 aliphatic rings. The molecule has 0 spiro atoms. The SMILES string of the molecule is CCN1C(=O)C[C@@H]2COCCN2c2cc(-c3cc(NC(=O)c4ccnc(C(F)(F)F)c4)ccc3C)cnc21. The molecular weight excluding hydrogens is 499 g/mol. The molecule has 2 amide bonds. The van der Waals surface area contributed by atoms with Gasteiger partial charge in [0.15, 0.2) is 5.82 Å². The van der Waals surface area contributed by atoms with Crippen LogP contribution in [0.5, 0.6) is 0 Å². The van der Waals surface area contributed by atoms with Gasteiger partial charge in [-0.25, -0.2) is 4.98 Å². The second kappa shape index (κ2) is 10.1. The van der Waals surface area contributed by atoms with Crippen molar-refractivity contribution in [3.63, 3.8) is 0 Å². The number of amides is 2. The molecular formula is C27H26F3N5O3. The lowest BCUT2D eigenvalue weighted by Gasteiger charge is -2.36. The minimum absolute atomic E-state index is 0.00215. The summed E-state index contributed by atoms with van der Waals surface area (Å²) < 4.78 is 44.7. The standard InChI is InChI=1S/C27H26F3N5O3/c1-3-34-24(36)13-20-15-38-9-8-35(20)22-10-18(14-32-25(22)34)21-12-19(5-4-16(21)2)33-26(37)17-6-7-31-23(11-17)27(28,29)30/h4-7,10-12,14,20H,3,8-9,13,15H2,1-2H3,(H,33,37)/t20-/m1/s1. The number of nitrogens with zero attached hydrogens (tertiary/aromatic N) is 4. The monoisotopic (exact) mass is 525 g/mol. The van der Waals surface area contributed by atoms with Crippen LogP contribution in [0.15, 0.2) is 48.8 Å². The topological polar surface area (TPSA) is 87.7 Å². The second-order valence-corrected chi connectivity index (χ2v) is 9.24. The third-order valence-electron chi connectivity index (χ3n) is 6.79. The zero-order valence-electron chi connectivity index (χ0n) is 20.9. The van der Waals surface area contributed by atoms with Crippen LogP contribution in [0, 0.1) is 6.92 Å². The Morgan fingerprint density at radius 2 is 2.00 bits per heavy atom. The number of fused-ring (bicyclic) bond motifs is 3. The summed E-state index contributed by atoms with van der Waals surface area (Å²) in [4.78, 5) is 37.5. The van der Waals surface area contributed by atoms with Crippen molar-refractivity contribution in [3.8, 4) is 11.1 Å². The fourth-order valence-corrected chi connectivity index (χ4v) is 4.85. The number of alkyl halides is 3.